The van der Waals surface area contributed by atoms with E-state index in [-0.39, 0.29) is 23.2 Å². The lowest BCUT2D eigenvalue weighted by Crippen LogP contribution is -2.47. The predicted molar refractivity (Wildman–Crippen MR) is 203 cm³/mol. The summed E-state index contributed by atoms with van der Waals surface area (Å²) in [6.45, 7) is 5.52. The first-order valence-corrected chi connectivity index (χ1v) is 18.8. The number of pyridine rings is 1. The van der Waals surface area contributed by atoms with Gasteiger partial charge in [0.15, 0.2) is 0 Å². The van der Waals surface area contributed by atoms with Gasteiger partial charge in [-0.25, -0.2) is 4.39 Å². The number of fused-ring (bicyclic) bond motifs is 1. The number of amides is 2. The van der Waals surface area contributed by atoms with Crippen LogP contribution in [0.15, 0.2) is 65.6 Å². The molecule has 11 heteroatoms. The van der Waals surface area contributed by atoms with E-state index in [0.717, 1.165) is 80.6 Å². The summed E-state index contributed by atoms with van der Waals surface area (Å²) >= 11 is 6.74. The molecule has 52 heavy (non-hydrogen) atoms. The number of ether oxygens (including phenoxy) is 1. The topological polar surface area (TPSA) is 95.9 Å². The fraction of sp³-hybridized carbons (Fsp3) is 0.439. The van der Waals surface area contributed by atoms with Gasteiger partial charge in [-0.15, -0.1) is 0 Å². The minimum atomic E-state index is -0.429. The summed E-state index contributed by atoms with van der Waals surface area (Å²) in [6.07, 6.45) is 8.05. The second kappa shape index (κ2) is 15.8. The second-order valence-electron chi connectivity index (χ2n) is 14.7. The van der Waals surface area contributed by atoms with E-state index >= 15 is 4.39 Å². The molecule has 0 bridgehead atoms. The number of aromatic nitrogens is 1. The molecular formula is C41H47ClFN5O4. The first-order chi connectivity index (χ1) is 25.2. The number of benzene rings is 3. The number of halogens is 2. The van der Waals surface area contributed by atoms with E-state index in [4.69, 9.17) is 16.3 Å². The molecule has 2 amide bonds. The van der Waals surface area contributed by atoms with Crippen LogP contribution in [0.4, 0.5) is 10.1 Å². The van der Waals surface area contributed by atoms with Crippen LogP contribution in [-0.4, -0.2) is 72.1 Å². The van der Waals surface area contributed by atoms with E-state index in [1.54, 1.807) is 37.1 Å². The fourth-order valence-corrected chi connectivity index (χ4v) is 8.55. The number of nitrogens with zero attached hydrogens (tertiary/aromatic N) is 3. The van der Waals surface area contributed by atoms with Crippen molar-refractivity contribution in [2.24, 2.45) is 13.0 Å². The third-order valence-electron chi connectivity index (χ3n) is 11.3. The van der Waals surface area contributed by atoms with Crippen molar-refractivity contribution >= 4 is 39.9 Å². The van der Waals surface area contributed by atoms with Gasteiger partial charge in [0.25, 0.3) is 5.56 Å². The summed E-state index contributed by atoms with van der Waals surface area (Å²) < 4.78 is 23.1. The van der Waals surface area contributed by atoms with Gasteiger partial charge in [-0.05, 0) is 130 Å². The zero-order valence-corrected chi connectivity index (χ0v) is 30.7. The molecule has 3 aliphatic rings. The Morgan fingerprint density at radius 1 is 0.923 bits per heavy atom. The standard InChI is InChI=1S/C41H47ClFN5O4/c1-46-24-33(31-5-3-4-6-32(31)41(46)51)28-21-36(43)34(38(22-28)52-2)25-48-17-12-26(13-18-48)11-16-47-19-14-27(15-20-47)30-8-7-29(23-35(30)42)44-37-9-10-39(49)45-40(37)50/h3-8,21-24,26-27,37,44H,9-20,25H2,1-2H3,(H,45,49,50). The highest BCUT2D eigenvalue weighted by atomic mass is 35.5. The number of piperidine rings is 3. The van der Waals surface area contributed by atoms with Crippen molar-refractivity contribution in [1.82, 2.24) is 19.7 Å². The van der Waals surface area contributed by atoms with Crippen molar-refractivity contribution in [1.29, 1.82) is 0 Å². The largest absolute Gasteiger partial charge is 0.496 e. The summed E-state index contributed by atoms with van der Waals surface area (Å²) in [5.41, 5.74) is 3.93. The monoisotopic (exact) mass is 727 g/mol. The molecule has 0 radical (unpaired) electrons. The summed E-state index contributed by atoms with van der Waals surface area (Å²) in [4.78, 5) is 41.2. The molecule has 0 spiro atoms. The lowest BCUT2D eigenvalue weighted by atomic mass is 9.88. The number of likely N-dealkylation sites (tertiary alicyclic amines) is 2. The number of nitrogens with one attached hydrogen (secondary N) is 2. The zero-order valence-electron chi connectivity index (χ0n) is 29.9. The van der Waals surface area contributed by atoms with Gasteiger partial charge in [-0.3, -0.25) is 24.6 Å². The molecule has 1 unspecified atom stereocenters. The Bertz CT molecular complexity index is 2020. The summed E-state index contributed by atoms with van der Waals surface area (Å²) in [5.74, 6) is 0.778. The highest BCUT2D eigenvalue weighted by Gasteiger charge is 2.28. The van der Waals surface area contributed by atoms with Crippen molar-refractivity contribution in [2.45, 2.75) is 63.5 Å². The van der Waals surface area contributed by atoms with Crippen LogP contribution in [0.1, 0.15) is 62.0 Å². The molecule has 1 atom stereocenters. The van der Waals surface area contributed by atoms with Crippen LogP contribution in [0, 0.1) is 11.7 Å². The molecule has 3 saturated heterocycles. The molecule has 3 aliphatic heterocycles. The fourth-order valence-electron chi connectivity index (χ4n) is 8.22. The number of rotatable bonds is 10. The van der Waals surface area contributed by atoms with Crippen LogP contribution in [0.2, 0.25) is 5.02 Å². The Hall–Kier alpha value is -4.25. The first kappa shape index (κ1) is 36.1. The van der Waals surface area contributed by atoms with E-state index in [2.05, 4.69) is 26.5 Å². The van der Waals surface area contributed by atoms with Crippen molar-refractivity contribution < 1.29 is 18.7 Å². The maximum absolute atomic E-state index is 15.8. The molecule has 4 aromatic rings. The molecule has 1 aromatic heterocycles. The number of imide groups is 1. The molecule has 3 fully saturated rings. The van der Waals surface area contributed by atoms with Gasteiger partial charge >= 0.3 is 0 Å². The van der Waals surface area contributed by atoms with Crippen molar-refractivity contribution in [2.75, 3.05) is 45.2 Å². The molecular weight excluding hydrogens is 681 g/mol. The Balaban J connectivity index is 0.883. The second-order valence-corrected chi connectivity index (χ2v) is 15.1. The van der Waals surface area contributed by atoms with Gasteiger partial charge in [0.05, 0.1) is 7.11 Å². The van der Waals surface area contributed by atoms with Crippen LogP contribution in [-0.2, 0) is 23.2 Å². The smallest absolute Gasteiger partial charge is 0.258 e. The summed E-state index contributed by atoms with van der Waals surface area (Å²) in [5, 5.41) is 7.73. The summed E-state index contributed by atoms with van der Waals surface area (Å²) in [6, 6.07) is 16.4. The third-order valence-corrected chi connectivity index (χ3v) is 11.7. The Kier molecular flexibility index (Phi) is 11.0. The molecule has 3 aromatic carbocycles. The van der Waals surface area contributed by atoms with Crippen molar-refractivity contribution in [3.05, 3.63) is 93.1 Å². The Labute approximate surface area is 309 Å². The molecule has 7 rings (SSSR count). The molecule has 0 saturated carbocycles. The van der Waals surface area contributed by atoms with E-state index in [1.807, 2.05) is 36.4 Å². The lowest BCUT2D eigenvalue weighted by Gasteiger charge is -2.36. The van der Waals surface area contributed by atoms with Crippen LogP contribution in [0.3, 0.4) is 0 Å². The molecule has 9 nitrogen and oxygen atoms in total. The van der Waals surface area contributed by atoms with Crippen molar-refractivity contribution in [3.8, 4) is 16.9 Å². The molecule has 0 aliphatic carbocycles. The number of carbonyl (C=O) groups is 2. The van der Waals surface area contributed by atoms with Crippen molar-refractivity contribution in [3.63, 3.8) is 0 Å². The highest BCUT2D eigenvalue weighted by Crippen LogP contribution is 2.36. The Morgan fingerprint density at radius 2 is 1.65 bits per heavy atom. The average molecular weight is 728 g/mol. The number of methoxy groups -OCH3 is 1. The van der Waals surface area contributed by atoms with E-state index in [9.17, 15) is 14.4 Å². The van der Waals surface area contributed by atoms with Gasteiger partial charge in [0.1, 0.15) is 17.6 Å². The molecule has 274 valence electrons. The predicted octanol–water partition coefficient (Wildman–Crippen LogP) is 6.71. The van der Waals surface area contributed by atoms with E-state index in [1.165, 1.54) is 6.42 Å². The summed E-state index contributed by atoms with van der Waals surface area (Å²) in [7, 11) is 3.31. The third kappa shape index (κ3) is 7.89. The highest BCUT2D eigenvalue weighted by molar-refractivity contribution is 6.31. The minimum absolute atomic E-state index is 0.0796. The van der Waals surface area contributed by atoms with Crippen LogP contribution >= 0.6 is 11.6 Å². The maximum atomic E-state index is 15.8. The first-order valence-electron chi connectivity index (χ1n) is 18.5. The average Bonchev–Trinajstić information content (AvgIpc) is 3.15. The quantitative estimate of drug-likeness (QED) is 0.176. The van der Waals surface area contributed by atoms with Crippen LogP contribution < -0.4 is 20.9 Å². The van der Waals surface area contributed by atoms with Gasteiger partial charge in [-0.2, -0.15) is 0 Å². The lowest BCUT2D eigenvalue weighted by molar-refractivity contribution is -0.133. The molecule has 4 heterocycles. The number of anilines is 1. The van der Waals surface area contributed by atoms with E-state index in [0.29, 0.717) is 58.5 Å². The van der Waals surface area contributed by atoms with Gasteiger partial charge in [-0.1, -0.05) is 35.9 Å². The van der Waals surface area contributed by atoms with Crippen LogP contribution in [0.25, 0.3) is 21.9 Å². The zero-order chi connectivity index (χ0) is 36.4. The number of hydrogen-bond donors (Lipinski definition) is 2. The number of hydrogen-bond acceptors (Lipinski definition) is 7. The van der Waals surface area contributed by atoms with Gasteiger partial charge in [0, 0.05) is 53.4 Å². The van der Waals surface area contributed by atoms with Crippen LogP contribution in [0.5, 0.6) is 5.75 Å². The Morgan fingerprint density at radius 3 is 2.37 bits per heavy atom. The SMILES string of the molecule is COc1cc(-c2cn(C)c(=O)c3ccccc23)cc(F)c1CN1CCC(CCN2CCC(c3ccc(NC4CCC(=O)NC4=O)cc3Cl)CC2)CC1. The minimum Gasteiger partial charge on any atom is -0.496 e. The van der Waals surface area contributed by atoms with Gasteiger partial charge in [0.2, 0.25) is 11.8 Å². The number of carbonyl (C=O) groups excluding carboxylic acids is 2. The molecule has 2 N–H and O–H groups in total. The van der Waals surface area contributed by atoms with Gasteiger partial charge < -0.3 is 19.5 Å². The van der Waals surface area contributed by atoms with E-state index < -0.39 is 6.04 Å². The normalized spacial score (nSPS) is 19.6. The number of aryl methyl sites for hydroxylation is 1. The maximum Gasteiger partial charge on any atom is 0.258 e.